The van der Waals surface area contributed by atoms with E-state index < -0.39 is 11.8 Å². The molecule has 2 aromatic heterocycles. The van der Waals surface area contributed by atoms with Gasteiger partial charge in [0.05, 0.1) is 0 Å². The van der Waals surface area contributed by atoms with Gasteiger partial charge in [0, 0.05) is 37.7 Å². The highest BCUT2D eigenvalue weighted by Crippen LogP contribution is 2.18. The van der Waals surface area contributed by atoms with Gasteiger partial charge < -0.3 is 9.84 Å². The summed E-state index contributed by atoms with van der Waals surface area (Å²) in [5, 5.41) is 13.9. The van der Waals surface area contributed by atoms with Crippen molar-refractivity contribution in [3.05, 3.63) is 36.2 Å². The smallest absolute Gasteiger partial charge is 0.278 e. The summed E-state index contributed by atoms with van der Waals surface area (Å²) in [5.41, 5.74) is 2.85. The normalized spacial score (nSPS) is 15.5. The molecule has 3 heterocycles. The lowest BCUT2D eigenvalue weighted by Crippen LogP contribution is -2.21. The van der Waals surface area contributed by atoms with Crippen LogP contribution < -0.4 is 5.43 Å². The van der Waals surface area contributed by atoms with E-state index in [0.717, 1.165) is 12.8 Å². The molecule has 24 heavy (non-hydrogen) atoms. The molecule has 2 N–H and O–H groups in total. The Bertz CT molecular complexity index is 730. The Labute approximate surface area is 138 Å². The van der Waals surface area contributed by atoms with Crippen LogP contribution in [0, 0.1) is 5.92 Å². The van der Waals surface area contributed by atoms with Crippen molar-refractivity contribution in [3.63, 3.8) is 0 Å². The van der Waals surface area contributed by atoms with Crippen molar-refractivity contribution in [3.8, 4) is 17.4 Å². The molecule has 1 aliphatic heterocycles. The van der Waals surface area contributed by atoms with Gasteiger partial charge in [-0.3, -0.25) is 9.78 Å². The molecular weight excluding hydrogens is 310 g/mol. The number of amides is 1. The lowest BCUT2D eigenvalue weighted by molar-refractivity contribution is 0.0836. The number of hydrogen-bond acceptors (Lipinski definition) is 7. The minimum absolute atomic E-state index is 0.0428. The van der Waals surface area contributed by atoms with E-state index in [2.05, 4.69) is 25.5 Å². The van der Waals surface area contributed by atoms with E-state index in [0.29, 0.717) is 18.9 Å². The van der Waals surface area contributed by atoms with Crippen molar-refractivity contribution in [2.24, 2.45) is 11.0 Å². The summed E-state index contributed by atoms with van der Waals surface area (Å²) < 4.78 is 5.26. The molecule has 0 bridgehead atoms. The van der Waals surface area contributed by atoms with Crippen LogP contribution in [-0.4, -0.2) is 45.4 Å². The van der Waals surface area contributed by atoms with Gasteiger partial charge in [-0.05, 0) is 25.0 Å². The van der Waals surface area contributed by atoms with Crippen molar-refractivity contribution >= 4 is 12.1 Å². The zero-order chi connectivity index (χ0) is 16.8. The number of carbonyl (C=O) groups is 1. The third-order valence-corrected chi connectivity index (χ3v) is 3.62. The molecule has 1 amide bonds. The standard InChI is InChI=1S/C16H17N5O3/c22-15-12(10-18-14(20-15)13-3-1-2-6-17-13)16(23)21-19-9-11-4-7-24-8-5-11/h1-3,6,9-11H,4-5,7-8H2,(H,21,23)(H,18,20,22)/b19-9+. The summed E-state index contributed by atoms with van der Waals surface area (Å²) in [6, 6.07) is 5.27. The highest BCUT2D eigenvalue weighted by atomic mass is 16.5. The van der Waals surface area contributed by atoms with E-state index in [1.165, 1.54) is 6.20 Å². The van der Waals surface area contributed by atoms with E-state index in [9.17, 15) is 9.90 Å². The van der Waals surface area contributed by atoms with Gasteiger partial charge in [0.2, 0.25) is 5.88 Å². The first-order chi connectivity index (χ1) is 11.7. The predicted octanol–water partition coefficient (Wildman–Crippen LogP) is 1.39. The molecule has 1 aliphatic rings. The van der Waals surface area contributed by atoms with Crippen LogP contribution in [-0.2, 0) is 4.74 Å². The van der Waals surface area contributed by atoms with Gasteiger partial charge >= 0.3 is 0 Å². The molecule has 0 atom stereocenters. The Balaban J connectivity index is 1.65. The number of nitrogens with zero attached hydrogens (tertiary/aromatic N) is 4. The maximum atomic E-state index is 12.0. The Morgan fingerprint density at radius 1 is 1.33 bits per heavy atom. The number of carbonyl (C=O) groups excluding carboxylic acids is 1. The molecule has 3 rings (SSSR count). The largest absolute Gasteiger partial charge is 0.493 e. The number of hydrazone groups is 1. The Kier molecular flexibility index (Phi) is 5.07. The number of nitrogens with one attached hydrogen (secondary N) is 1. The van der Waals surface area contributed by atoms with Gasteiger partial charge in [-0.15, -0.1) is 0 Å². The molecule has 8 heteroatoms. The first-order valence-corrected chi connectivity index (χ1v) is 7.62. The number of pyridine rings is 1. The van der Waals surface area contributed by atoms with E-state index in [-0.39, 0.29) is 17.3 Å². The van der Waals surface area contributed by atoms with Gasteiger partial charge in [0.15, 0.2) is 5.82 Å². The van der Waals surface area contributed by atoms with Gasteiger partial charge in [-0.25, -0.2) is 10.4 Å². The minimum Gasteiger partial charge on any atom is -0.493 e. The molecule has 2 aromatic rings. The van der Waals surface area contributed by atoms with E-state index in [1.807, 2.05) is 0 Å². The van der Waals surface area contributed by atoms with Crippen molar-refractivity contribution in [1.29, 1.82) is 0 Å². The Morgan fingerprint density at radius 2 is 2.17 bits per heavy atom. The number of aromatic hydroxyl groups is 1. The fraction of sp³-hybridized carbons (Fsp3) is 0.312. The Morgan fingerprint density at radius 3 is 2.88 bits per heavy atom. The maximum absolute atomic E-state index is 12.0. The molecule has 0 aliphatic carbocycles. The monoisotopic (exact) mass is 327 g/mol. The highest BCUT2D eigenvalue weighted by Gasteiger charge is 2.15. The lowest BCUT2D eigenvalue weighted by Gasteiger charge is -2.17. The number of rotatable bonds is 4. The van der Waals surface area contributed by atoms with Crippen LogP contribution in [0.4, 0.5) is 0 Å². The number of aromatic nitrogens is 3. The van der Waals surface area contributed by atoms with Crippen LogP contribution in [0.2, 0.25) is 0 Å². The summed E-state index contributed by atoms with van der Waals surface area (Å²) >= 11 is 0. The maximum Gasteiger partial charge on any atom is 0.278 e. The topological polar surface area (TPSA) is 110 Å². The molecule has 8 nitrogen and oxygen atoms in total. The van der Waals surface area contributed by atoms with E-state index >= 15 is 0 Å². The average Bonchev–Trinajstić information content (AvgIpc) is 2.63. The molecule has 0 radical (unpaired) electrons. The molecule has 0 saturated carbocycles. The van der Waals surface area contributed by atoms with E-state index in [4.69, 9.17) is 4.74 Å². The molecule has 124 valence electrons. The van der Waals surface area contributed by atoms with Crippen molar-refractivity contribution in [2.75, 3.05) is 13.2 Å². The van der Waals surface area contributed by atoms with Crippen molar-refractivity contribution in [1.82, 2.24) is 20.4 Å². The average molecular weight is 327 g/mol. The molecular formula is C16H17N5O3. The molecule has 0 unspecified atom stereocenters. The van der Waals surface area contributed by atoms with Crippen LogP contribution in [0.25, 0.3) is 11.5 Å². The summed E-state index contributed by atoms with van der Waals surface area (Å²) in [6.07, 6.45) is 6.31. The molecule has 0 aromatic carbocycles. The summed E-state index contributed by atoms with van der Waals surface area (Å²) in [5.74, 6) is -0.446. The Hall–Kier alpha value is -2.87. The van der Waals surface area contributed by atoms with E-state index in [1.54, 1.807) is 30.6 Å². The van der Waals surface area contributed by atoms with Crippen LogP contribution in [0.1, 0.15) is 23.2 Å². The van der Waals surface area contributed by atoms with Gasteiger partial charge in [0.25, 0.3) is 5.91 Å². The first-order valence-electron chi connectivity index (χ1n) is 7.62. The van der Waals surface area contributed by atoms with Gasteiger partial charge in [0.1, 0.15) is 11.3 Å². The van der Waals surface area contributed by atoms with Crippen LogP contribution in [0.15, 0.2) is 35.7 Å². The minimum atomic E-state index is -0.566. The molecule has 1 saturated heterocycles. The quantitative estimate of drug-likeness (QED) is 0.648. The van der Waals surface area contributed by atoms with Crippen molar-refractivity contribution < 1.29 is 14.6 Å². The van der Waals surface area contributed by atoms with Gasteiger partial charge in [-0.1, -0.05) is 6.07 Å². The third kappa shape index (κ3) is 3.90. The third-order valence-electron chi connectivity index (χ3n) is 3.62. The molecule has 1 fully saturated rings. The second-order valence-corrected chi connectivity index (χ2v) is 5.31. The van der Waals surface area contributed by atoms with Crippen LogP contribution in [0.5, 0.6) is 5.88 Å². The summed E-state index contributed by atoms with van der Waals surface area (Å²) in [6.45, 7) is 1.41. The SMILES string of the molecule is O=C(N/N=C/C1CCOCC1)c1cnc(-c2ccccn2)nc1O. The van der Waals surface area contributed by atoms with Crippen LogP contribution in [0.3, 0.4) is 0 Å². The second-order valence-electron chi connectivity index (χ2n) is 5.31. The summed E-state index contributed by atoms with van der Waals surface area (Å²) in [7, 11) is 0. The second kappa shape index (κ2) is 7.60. The fourth-order valence-corrected chi connectivity index (χ4v) is 2.28. The zero-order valence-electron chi connectivity index (χ0n) is 12.9. The van der Waals surface area contributed by atoms with Crippen LogP contribution >= 0.6 is 0 Å². The lowest BCUT2D eigenvalue weighted by atomic mass is 10.0. The first kappa shape index (κ1) is 16.0. The van der Waals surface area contributed by atoms with Crippen molar-refractivity contribution in [2.45, 2.75) is 12.8 Å². The highest BCUT2D eigenvalue weighted by molar-refractivity contribution is 5.96. The van der Waals surface area contributed by atoms with Gasteiger partial charge in [-0.2, -0.15) is 10.1 Å². The zero-order valence-corrected chi connectivity index (χ0v) is 12.9. The summed E-state index contributed by atoms with van der Waals surface area (Å²) in [4.78, 5) is 24.1. The number of ether oxygens (including phenoxy) is 1. The fourth-order valence-electron chi connectivity index (χ4n) is 2.28. The number of hydrogen-bond donors (Lipinski definition) is 2. The predicted molar refractivity (Wildman–Crippen MR) is 86.4 cm³/mol. The molecule has 0 spiro atoms.